The summed E-state index contributed by atoms with van der Waals surface area (Å²) in [6.07, 6.45) is 0.460. The fourth-order valence-corrected chi connectivity index (χ4v) is 9.88. The van der Waals surface area contributed by atoms with E-state index < -0.39 is 35.1 Å². The normalized spacial score (nSPS) is 24.6. The summed E-state index contributed by atoms with van der Waals surface area (Å²) in [5.41, 5.74) is 0.939. The van der Waals surface area contributed by atoms with Gasteiger partial charge in [0.1, 0.15) is 0 Å². The first-order chi connectivity index (χ1) is 13.7. The second-order valence-electron chi connectivity index (χ2n) is 9.00. The van der Waals surface area contributed by atoms with Gasteiger partial charge >= 0.3 is 0 Å². The second kappa shape index (κ2) is 8.16. The number of nitrogens with zero attached hydrogens (tertiary/aromatic N) is 2. The number of hydrogen-bond donors (Lipinski definition) is 0. The highest BCUT2D eigenvalue weighted by Gasteiger charge is 2.41. The Balaban J connectivity index is 1.74. The monoisotopic (exact) mass is 478 g/mol. The van der Waals surface area contributed by atoms with E-state index in [1.165, 1.54) is 8.61 Å². The van der Waals surface area contributed by atoms with Crippen molar-refractivity contribution in [3.8, 4) is 0 Å². The minimum absolute atomic E-state index is 0.0260. The first-order valence-electron chi connectivity index (χ1n) is 10.0. The molecule has 2 saturated heterocycles. The van der Waals surface area contributed by atoms with Crippen LogP contribution in [0.15, 0.2) is 29.2 Å². The molecule has 30 heavy (non-hydrogen) atoms. The zero-order valence-corrected chi connectivity index (χ0v) is 20.1. The lowest BCUT2D eigenvalue weighted by molar-refractivity contribution is 0.401. The van der Waals surface area contributed by atoms with Gasteiger partial charge in [-0.25, -0.2) is 29.6 Å². The molecule has 170 valence electrons. The Hall–Kier alpha value is -1.01. The van der Waals surface area contributed by atoms with Crippen molar-refractivity contribution in [2.75, 3.05) is 37.7 Å². The molecule has 1 atom stereocenters. The van der Waals surface area contributed by atoms with Crippen molar-refractivity contribution in [2.24, 2.45) is 0 Å². The average Bonchev–Trinajstić information content (AvgIpc) is 2.86. The van der Waals surface area contributed by atoms with Crippen LogP contribution in [-0.2, 0) is 35.3 Å². The zero-order chi connectivity index (χ0) is 22.4. The van der Waals surface area contributed by atoms with E-state index in [1.807, 2.05) is 12.1 Å². The van der Waals surface area contributed by atoms with E-state index in [4.69, 9.17) is 0 Å². The van der Waals surface area contributed by atoms with E-state index in [9.17, 15) is 25.3 Å². The maximum absolute atomic E-state index is 13.1. The van der Waals surface area contributed by atoms with Crippen LogP contribution in [0, 0.1) is 0 Å². The lowest BCUT2D eigenvalue weighted by atomic mass is 9.87. The minimum Gasteiger partial charge on any atom is -0.229 e. The molecule has 3 rings (SSSR count). The Kier molecular flexibility index (Phi) is 6.43. The van der Waals surface area contributed by atoms with Crippen LogP contribution in [0.4, 0.5) is 0 Å². The summed E-state index contributed by atoms with van der Waals surface area (Å²) in [5, 5.41) is -0.935. The smallest absolute Gasteiger partial charge is 0.229 e. The SMILES string of the molecule is CC(C)(C)c1ccc(S(=O)(=O)N2CCCN(S(=O)(=O)C3CCS(=O)(=O)C3)CC2)cc1. The van der Waals surface area contributed by atoms with Crippen molar-refractivity contribution >= 4 is 29.9 Å². The maximum Gasteiger partial charge on any atom is 0.243 e. The van der Waals surface area contributed by atoms with Crippen LogP contribution in [0.25, 0.3) is 0 Å². The maximum atomic E-state index is 13.1. The van der Waals surface area contributed by atoms with Gasteiger partial charge in [0.2, 0.25) is 20.0 Å². The Labute approximate surface area is 180 Å². The first-order valence-corrected chi connectivity index (χ1v) is 14.8. The molecule has 0 radical (unpaired) electrons. The molecule has 2 fully saturated rings. The van der Waals surface area contributed by atoms with Crippen molar-refractivity contribution in [3.63, 3.8) is 0 Å². The highest BCUT2D eigenvalue weighted by Crippen LogP contribution is 2.27. The van der Waals surface area contributed by atoms with Crippen molar-refractivity contribution in [2.45, 2.75) is 49.2 Å². The van der Waals surface area contributed by atoms with Crippen LogP contribution in [0.2, 0.25) is 0 Å². The molecule has 0 amide bonds. The van der Waals surface area contributed by atoms with Crippen molar-refractivity contribution < 1.29 is 25.3 Å². The van der Waals surface area contributed by atoms with Gasteiger partial charge in [0.25, 0.3) is 0 Å². The van der Waals surface area contributed by atoms with Crippen molar-refractivity contribution in [1.82, 2.24) is 8.61 Å². The van der Waals surface area contributed by atoms with Gasteiger partial charge in [-0.05, 0) is 36.0 Å². The minimum atomic E-state index is -3.78. The molecule has 2 aliphatic heterocycles. The van der Waals surface area contributed by atoms with Gasteiger partial charge in [0.05, 0.1) is 21.7 Å². The predicted octanol–water partition coefficient (Wildman–Crippen LogP) is 1.20. The fraction of sp³-hybridized carbons (Fsp3) is 0.684. The molecule has 0 bridgehead atoms. The van der Waals surface area contributed by atoms with Crippen LogP contribution >= 0.6 is 0 Å². The van der Waals surface area contributed by atoms with E-state index in [0.29, 0.717) is 6.42 Å². The predicted molar refractivity (Wildman–Crippen MR) is 116 cm³/mol. The largest absolute Gasteiger partial charge is 0.243 e. The molecular formula is C19H30N2O6S3. The highest BCUT2D eigenvalue weighted by molar-refractivity contribution is 7.95. The molecule has 0 saturated carbocycles. The summed E-state index contributed by atoms with van der Waals surface area (Å²) >= 11 is 0. The number of sulfone groups is 1. The molecule has 0 spiro atoms. The highest BCUT2D eigenvalue weighted by atomic mass is 32.2. The van der Waals surface area contributed by atoms with Gasteiger partial charge < -0.3 is 0 Å². The summed E-state index contributed by atoms with van der Waals surface area (Å²) in [5.74, 6) is -0.468. The fourth-order valence-electron chi connectivity index (χ4n) is 3.85. The van der Waals surface area contributed by atoms with Gasteiger partial charge in [-0.3, -0.25) is 0 Å². The lowest BCUT2D eigenvalue weighted by Crippen LogP contribution is -2.42. The zero-order valence-electron chi connectivity index (χ0n) is 17.6. The van der Waals surface area contributed by atoms with Crippen molar-refractivity contribution in [3.05, 3.63) is 29.8 Å². The first kappa shape index (κ1) is 23.6. The van der Waals surface area contributed by atoms with Crippen LogP contribution in [0.3, 0.4) is 0 Å². The van der Waals surface area contributed by atoms with Gasteiger partial charge in [0, 0.05) is 26.2 Å². The van der Waals surface area contributed by atoms with Crippen LogP contribution in [-0.4, -0.2) is 76.8 Å². The Morgan fingerprint density at radius 1 is 0.900 bits per heavy atom. The third-order valence-electron chi connectivity index (χ3n) is 5.74. The summed E-state index contributed by atoms with van der Waals surface area (Å²) in [6, 6.07) is 6.81. The van der Waals surface area contributed by atoms with E-state index in [1.54, 1.807) is 12.1 Å². The molecule has 0 N–H and O–H groups in total. The molecule has 1 aromatic carbocycles. The third kappa shape index (κ3) is 4.90. The Morgan fingerprint density at radius 3 is 2.00 bits per heavy atom. The van der Waals surface area contributed by atoms with Crippen LogP contribution in [0.1, 0.15) is 39.2 Å². The molecule has 1 unspecified atom stereocenters. The molecule has 1 aromatic rings. The van der Waals surface area contributed by atoms with Gasteiger partial charge in [-0.15, -0.1) is 0 Å². The molecular weight excluding hydrogens is 448 g/mol. The van der Waals surface area contributed by atoms with E-state index >= 15 is 0 Å². The summed E-state index contributed by atoms with van der Waals surface area (Å²) in [7, 11) is -10.8. The average molecular weight is 479 g/mol. The molecule has 8 nitrogen and oxygen atoms in total. The van der Waals surface area contributed by atoms with Gasteiger partial charge in [-0.1, -0.05) is 32.9 Å². The van der Waals surface area contributed by atoms with Crippen LogP contribution < -0.4 is 0 Å². The molecule has 0 aliphatic carbocycles. The lowest BCUT2D eigenvalue weighted by Gasteiger charge is -2.24. The van der Waals surface area contributed by atoms with E-state index in [0.717, 1.165) is 5.56 Å². The summed E-state index contributed by atoms with van der Waals surface area (Å²) in [6.45, 7) is 6.63. The Morgan fingerprint density at radius 2 is 1.47 bits per heavy atom. The summed E-state index contributed by atoms with van der Waals surface area (Å²) in [4.78, 5) is 0.189. The van der Waals surface area contributed by atoms with Crippen molar-refractivity contribution in [1.29, 1.82) is 0 Å². The van der Waals surface area contributed by atoms with E-state index in [2.05, 4.69) is 20.8 Å². The number of benzene rings is 1. The van der Waals surface area contributed by atoms with Gasteiger partial charge in [-0.2, -0.15) is 4.31 Å². The number of rotatable bonds is 4. The molecule has 0 aromatic heterocycles. The van der Waals surface area contributed by atoms with E-state index in [-0.39, 0.29) is 54.4 Å². The molecule has 2 heterocycles. The standard InChI is InChI=1S/C19H30N2O6S3/c1-19(2,3)16-5-7-17(8-6-16)29(24,25)20-10-4-11-21(13-12-20)30(26,27)18-9-14-28(22,23)15-18/h5-8,18H,4,9-15H2,1-3H3. The van der Waals surface area contributed by atoms with Gasteiger partial charge in [0.15, 0.2) is 9.84 Å². The summed E-state index contributed by atoms with van der Waals surface area (Å²) < 4.78 is 77.9. The van der Waals surface area contributed by atoms with Crippen LogP contribution in [0.5, 0.6) is 0 Å². The molecule has 11 heteroatoms. The second-order valence-corrected chi connectivity index (χ2v) is 15.4. The topological polar surface area (TPSA) is 109 Å². The number of hydrogen-bond acceptors (Lipinski definition) is 6. The molecule has 2 aliphatic rings. The number of sulfonamides is 2. The quantitative estimate of drug-likeness (QED) is 0.643. The third-order valence-corrected chi connectivity index (χ3v) is 12.0. The Bertz CT molecular complexity index is 1090.